The highest BCUT2D eigenvalue weighted by molar-refractivity contribution is 14.1. The molecule has 12 heavy (non-hydrogen) atoms. The molecule has 0 heterocycles. The van der Waals surface area contributed by atoms with Crippen molar-refractivity contribution in [3.05, 3.63) is 0 Å². The van der Waals surface area contributed by atoms with Gasteiger partial charge in [0, 0.05) is 10.3 Å². The van der Waals surface area contributed by atoms with Crippen LogP contribution in [0.3, 0.4) is 0 Å². The molecule has 0 aliphatic carbocycles. The number of carbonyl (C=O) groups is 1. The molecule has 1 nitrogen and oxygen atoms in total. The van der Waals surface area contributed by atoms with Gasteiger partial charge in [-0.1, -0.05) is 42.9 Å². The van der Waals surface area contributed by atoms with Crippen LogP contribution in [0.2, 0.25) is 0 Å². The lowest BCUT2D eigenvalue weighted by Gasteiger charge is -2.07. The Morgan fingerprint density at radius 2 is 2.08 bits per heavy atom. The van der Waals surface area contributed by atoms with Crippen LogP contribution in [0.15, 0.2) is 0 Å². The molecule has 0 aliphatic rings. The van der Waals surface area contributed by atoms with E-state index in [-0.39, 0.29) is 11.2 Å². The van der Waals surface area contributed by atoms with Crippen LogP contribution in [0.4, 0.5) is 0 Å². The molecule has 0 bridgehead atoms. The lowest BCUT2D eigenvalue weighted by atomic mass is 10.1. The molecule has 0 aliphatic heterocycles. The van der Waals surface area contributed by atoms with Gasteiger partial charge in [0.15, 0.2) is 0 Å². The molecule has 0 aromatic heterocycles. The fourth-order valence-corrected chi connectivity index (χ4v) is 1.71. The van der Waals surface area contributed by atoms with Crippen LogP contribution in [0.5, 0.6) is 0 Å². The van der Waals surface area contributed by atoms with Crippen molar-refractivity contribution in [3.63, 3.8) is 0 Å². The second kappa shape index (κ2) is 7.13. The number of Topliss-reactive ketones (excluding diaryl/α,β-unsaturated/α-hetero) is 1. The Labute approximate surface area is 93.4 Å². The zero-order valence-corrected chi connectivity index (χ0v) is 10.6. The molecular formula is C9H16ClIO. The lowest BCUT2D eigenvalue weighted by Crippen LogP contribution is -2.13. The lowest BCUT2D eigenvalue weighted by molar-refractivity contribution is -0.118. The van der Waals surface area contributed by atoms with E-state index in [0.29, 0.717) is 10.3 Å². The van der Waals surface area contributed by atoms with Gasteiger partial charge in [0.1, 0.15) is 5.78 Å². The summed E-state index contributed by atoms with van der Waals surface area (Å²) in [5.74, 6) is 0.178. The molecule has 0 saturated carbocycles. The molecule has 2 unspecified atom stereocenters. The summed E-state index contributed by atoms with van der Waals surface area (Å²) in [4.78, 5) is 11.1. The van der Waals surface area contributed by atoms with E-state index in [1.807, 2.05) is 6.92 Å². The van der Waals surface area contributed by atoms with Gasteiger partial charge in [0.25, 0.3) is 0 Å². The smallest absolute Gasteiger partial charge is 0.150 e. The molecule has 0 rings (SSSR count). The van der Waals surface area contributed by atoms with Crippen LogP contribution in [0.1, 0.15) is 39.5 Å². The minimum Gasteiger partial charge on any atom is -0.298 e. The number of rotatable bonds is 6. The maximum absolute atomic E-state index is 11.1. The molecule has 0 aromatic rings. The average Bonchev–Trinajstić information content (AvgIpc) is 2.02. The Bertz CT molecular complexity index is 136. The van der Waals surface area contributed by atoms with Crippen molar-refractivity contribution in [2.45, 2.75) is 48.8 Å². The van der Waals surface area contributed by atoms with Gasteiger partial charge < -0.3 is 0 Å². The van der Waals surface area contributed by atoms with Gasteiger partial charge in [-0.3, -0.25) is 4.79 Å². The summed E-state index contributed by atoms with van der Waals surface area (Å²) >= 11 is 8.25. The van der Waals surface area contributed by atoms with Gasteiger partial charge in [-0.2, -0.15) is 0 Å². The fourth-order valence-electron chi connectivity index (χ4n) is 0.961. The van der Waals surface area contributed by atoms with Gasteiger partial charge in [-0.05, 0) is 12.8 Å². The van der Waals surface area contributed by atoms with Crippen molar-refractivity contribution in [1.82, 2.24) is 0 Å². The van der Waals surface area contributed by atoms with Crippen molar-refractivity contribution < 1.29 is 4.79 Å². The van der Waals surface area contributed by atoms with E-state index in [4.69, 9.17) is 11.6 Å². The van der Waals surface area contributed by atoms with E-state index in [9.17, 15) is 4.79 Å². The van der Waals surface area contributed by atoms with Gasteiger partial charge >= 0.3 is 0 Å². The maximum atomic E-state index is 11.1. The van der Waals surface area contributed by atoms with Crippen molar-refractivity contribution >= 4 is 40.0 Å². The summed E-state index contributed by atoms with van der Waals surface area (Å²) in [5.41, 5.74) is 0. The third kappa shape index (κ3) is 6.23. The Morgan fingerprint density at radius 3 is 2.50 bits per heavy atom. The average molecular weight is 303 g/mol. The minimum atomic E-state index is -0.245. The van der Waals surface area contributed by atoms with Gasteiger partial charge in [-0.15, -0.1) is 11.6 Å². The summed E-state index contributed by atoms with van der Waals surface area (Å²) in [7, 11) is 0. The van der Waals surface area contributed by atoms with Gasteiger partial charge in [0.05, 0.1) is 5.38 Å². The van der Waals surface area contributed by atoms with E-state index in [1.165, 1.54) is 0 Å². The van der Waals surface area contributed by atoms with Crippen LogP contribution in [0, 0.1) is 0 Å². The fraction of sp³-hybridized carbons (Fsp3) is 0.889. The van der Waals surface area contributed by atoms with Crippen LogP contribution < -0.4 is 0 Å². The second-order valence-corrected chi connectivity index (χ2v) is 5.65. The minimum absolute atomic E-state index is 0.178. The molecule has 0 aromatic carbocycles. The molecular weight excluding hydrogens is 286 g/mol. The first-order valence-electron chi connectivity index (χ1n) is 4.38. The Morgan fingerprint density at radius 1 is 1.50 bits per heavy atom. The van der Waals surface area contributed by atoms with Gasteiger partial charge in [0.2, 0.25) is 0 Å². The van der Waals surface area contributed by atoms with Crippen LogP contribution in [-0.4, -0.2) is 15.1 Å². The summed E-state index contributed by atoms with van der Waals surface area (Å²) in [6.45, 7) is 4.03. The third-order valence-electron chi connectivity index (χ3n) is 1.76. The van der Waals surface area contributed by atoms with Crippen molar-refractivity contribution in [1.29, 1.82) is 0 Å². The molecule has 2 atom stereocenters. The third-order valence-corrected chi connectivity index (χ3v) is 2.84. The molecule has 0 spiro atoms. The van der Waals surface area contributed by atoms with Crippen LogP contribution in [-0.2, 0) is 4.79 Å². The highest BCUT2D eigenvalue weighted by Gasteiger charge is 2.12. The van der Waals surface area contributed by atoms with Crippen LogP contribution in [0.25, 0.3) is 0 Å². The molecule has 0 saturated heterocycles. The number of alkyl halides is 2. The first kappa shape index (κ1) is 12.7. The highest BCUT2D eigenvalue weighted by Crippen LogP contribution is 2.14. The first-order chi connectivity index (χ1) is 5.57. The van der Waals surface area contributed by atoms with Crippen molar-refractivity contribution in [2.75, 3.05) is 0 Å². The normalized spacial score (nSPS) is 15.7. The number of hydrogen-bond acceptors (Lipinski definition) is 1. The summed E-state index contributed by atoms with van der Waals surface area (Å²) in [6, 6.07) is 0. The standard InChI is InChI=1S/C9H16ClIO/c1-3-9(12)8(10)6-4-5-7(2)11/h7-8H,3-6H2,1-2H3. The molecule has 0 N–H and O–H groups in total. The zero-order chi connectivity index (χ0) is 9.56. The molecule has 0 amide bonds. The second-order valence-electron chi connectivity index (χ2n) is 3.00. The number of hydrogen-bond donors (Lipinski definition) is 0. The first-order valence-corrected chi connectivity index (χ1v) is 6.07. The predicted molar refractivity (Wildman–Crippen MR) is 62.3 cm³/mol. The van der Waals surface area contributed by atoms with E-state index >= 15 is 0 Å². The topological polar surface area (TPSA) is 17.1 Å². The maximum Gasteiger partial charge on any atom is 0.150 e. The van der Waals surface area contributed by atoms with Gasteiger partial charge in [-0.25, -0.2) is 0 Å². The van der Waals surface area contributed by atoms with Crippen molar-refractivity contribution in [2.24, 2.45) is 0 Å². The Hall–Kier alpha value is 0.690. The monoisotopic (exact) mass is 302 g/mol. The van der Waals surface area contributed by atoms with E-state index in [2.05, 4.69) is 29.5 Å². The van der Waals surface area contributed by atoms with E-state index in [0.717, 1.165) is 19.3 Å². The molecule has 0 radical (unpaired) electrons. The zero-order valence-electron chi connectivity index (χ0n) is 7.65. The van der Waals surface area contributed by atoms with E-state index in [1.54, 1.807) is 0 Å². The Kier molecular flexibility index (Phi) is 7.54. The molecule has 3 heteroatoms. The molecule has 0 fully saturated rings. The molecule has 72 valence electrons. The quantitative estimate of drug-likeness (QED) is 0.541. The number of halogens is 2. The Balaban J connectivity index is 3.43. The predicted octanol–water partition coefficient (Wildman–Crippen LogP) is 3.57. The van der Waals surface area contributed by atoms with E-state index < -0.39 is 0 Å². The largest absolute Gasteiger partial charge is 0.298 e. The summed E-state index contributed by atoms with van der Waals surface area (Å²) in [6.07, 6.45) is 3.61. The summed E-state index contributed by atoms with van der Waals surface area (Å²) < 4.78 is 0.684. The SMILES string of the molecule is CCC(=O)C(Cl)CCCC(C)I. The highest BCUT2D eigenvalue weighted by atomic mass is 127. The number of carbonyl (C=O) groups excluding carboxylic acids is 1. The number of ketones is 1. The van der Waals surface area contributed by atoms with Crippen LogP contribution >= 0.6 is 34.2 Å². The van der Waals surface area contributed by atoms with Crippen molar-refractivity contribution in [3.8, 4) is 0 Å². The summed E-state index contributed by atoms with van der Waals surface area (Å²) in [5, 5.41) is -0.245.